The number of aliphatic hydroxyl groups excluding tert-OH is 1. The molecule has 0 saturated carbocycles. The van der Waals surface area contributed by atoms with Crippen LogP contribution in [-0.2, 0) is 38.7 Å². The van der Waals surface area contributed by atoms with Crippen LogP contribution in [0, 0.1) is 0 Å². The van der Waals surface area contributed by atoms with Gasteiger partial charge in [0.1, 0.15) is 36.8 Å². The van der Waals surface area contributed by atoms with E-state index in [0.717, 1.165) is 0 Å². The predicted octanol–water partition coefficient (Wildman–Crippen LogP) is 0.636. The second-order valence-corrected chi connectivity index (χ2v) is 12.5. The number of amides is 4. The molecule has 4 heterocycles. The van der Waals surface area contributed by atoms with Gasteiger partial charge in [0, 0.05) is 24.9 Å². The molecule has 53 heavy (non-hydrogen) atoms. The normalized spacial score (nSPS) is 18.6. The summed E-state index contributed by atoms with van der Waals surface area (Å²) in [6, 6.07) is 19.5. The molecule has 3 atom stereocenters. The number of carbonyl (C=O) groups is 4. The molecule has 16 heteroatoms. The zero-order chi connectivity index (χ0) is 37.3. The number of nitrogens with zero attached hydrogens (tertiary/aromatic N) is 5. The predicted molar refractivity (Wildman–Crippen MR) is 192 cm³/mol. The van der Waals surface area contributed by atoms with Crippen LogP contribution in [0.2, 0.25) is 0 Å². The molecule has 0 unspecified atom stereocenters. The lowest BCUT2D eigenvalue weighted by Gasteiger charge is -2.24. The highest BCUT2D eigenvalue weighted by atomic mass is 16.5. The Balaban J connectivity index is 1.22. The van der Waals surface area contributed by atoms with Gasteiger partial charge in [-0.05, 0) is 36.8 Å². The van der Waals surface area contributed by atoms with Gasteiger partial charge in [0.2, 0.25) is 23.6 Å². The Hall–Kier alpha value is -6.42. The van der Waals surface area contributed by atoms with Crippen LogP contribution in [0.5, 0.6) is 5.75 Å². The van der Waals surface area contributed by atoms with E-state index >= 15 is 0 Å². The van der Waals surface area contributed by atoms with Gasteiger partial charge >= 0.3 is 0 Å². The van der Waals surface area contributed by atoms with Crippen LogP contribution in [-0.4, -0.2) is 84.9 Å². The molecule has 2 aliphatic rings. The van der Waals surface area contributed by atoms with E-state index in [-0.39, 0.29) is 56.4 Å². The van der Waals surface area contributed by atoms with Crippen molar-refractivity contribution < 1.29 is 29.0 Å². The molecule has 3 aromatic carbocycles. The van der Waals surface area contributed by atoms with Crippen LogP contribution in [0.25, 0.3) is 22.3 Å². The molecule has 4 amide bonds. The monoisotopic (exact) mass is 721 g/mol. The molecular weight excluding hydrogens is 682 g/mol. The van der Waals surface area contributed by atoms with Gasteiger partial charge in [0.25, 0.3) is 5.56 Å². The minimum Gasteiger partial charge on any atom is -0.492 e. The number of para-hydroxylation sites is 1. The minimum absolute atomic E-state index is 0.0134. The zero-order valence-corrected chi connectivity index (χ0v) is 28.9. The number of hydrogen-bond donors (Lipinski definition) is 5. The van der Waals surface area contributed by atoms with E-state index in [1.807, 2.05) is 30.3 Å². The first-order chi connectivity index (χ1) is 25.7. The first-order valence-electron chi connectivity index (χ1n) is 17.1. The summed E-state index contributed by atoms with van der Waals surface area (Å²) in [4.78, 5) is 75.2. The average Bonchev–Trinajstić information content (AvgIpc) is 3.59. The summed E-state index contributed by atoms with van der Waals surface area (Å²) >= 11 is 0. The molecule has 5 N–H and O–H groups in total. The number of aromatic nitrogens is 5. The molecule has 0 radical (unpaired) electrons. The molecule has 0 spiro atoms. The van der Waals surface area contributed by atoms with Gasteiger partial charge in [-0.2, -0.15) is 5.10 Å². The number of rotatable bonds is 6. The number of aryl methyl sites for hydroxylation is 1. The van der Waals surface area contributed by atoms with Gasteiger partial charge in [-0.1, -0.05) is 54.6 Å². The van der Waals surface area contributed by atoms with Crippen molar-refractivity contribution in [1.29, 1.82) is 0 Å². The molecule has 16 nitrogen and oxygen atoms in total. The maximum absolute atomic E-state index is 13.7. The Labute approximate surface area is 303 Å². The van der Waals surface area contributed by atoms with E-state index < -0.39 is 42.5 Å². The van der Waals surface area contributed by atoms with Crippen molar-refractivity contribution in [3.05, 3.63) is 107 Å². The Morgan fingerprint density at radius 2 is 1.72 bits per heavy atom. The van der Waals surface area contributed by atoms with Crippen LogP contribution in [0.3, 0.4) is 0 Å². The summed E-state index contributed by atoms with van der Waals surface area (Å²) in [5.74, 6) is -1.18. The second-order valence-electron chi connectivity index (χ2n) is 12.5. The number of carbonyl (C=O) groups excluding carboxylic acids is 4. The van der Waals surface area contributed by atoms with Gasteiger partial charge in [-0.15, -0.1) is 0 Å². The van der Waals surface area contributed by atoms with Crippen LogP contribution in [0.4, 0.5) is 0 Å². The highest BCUT2D eigenvalue weighted by Gasteiger charge is 2.29. The molecule has 5 aromatic rings. The summed E-state index contributed by atoms with van der Waals surface area (Å²) in [5, 5.41) is 26.0. The third-order valence-electron chi connectivity index (χ3n) is 8.61. The Morgan fingerprint density at radius 1 is 0.962 bits per heavy atom. The van der Waals surface area contributed by atoms with Gasteiger partial charge in [-0.3, -0.25) is 28.5 Å². The molecule has 0 fully saturated rings. The lowest BCUT2D eigenvalue weighted by atomic mass is 10.0. The molecule has 2 aliphatic heterocycles. The highest BCUT2D eigenvalue weighted by Crippen LogP contribution is 2.19. The Kier molecular flexibility index (Phi) is 11.5. The summed E-state index contributed by atoms with van der Waals surface area (Å²) in [6.45, 7) is 1.09. The van der Waals surface area contributed by atoms with E-state index in [1.54, 1.807) is 55.5 Å². The highest BCUT2D eigenvalue weighted by molar-refractivity contribution is 5.92. The van der Waals surface area contributed by atoms with Crippen molar-refractivity contribution in [2.45, 2.75) is 51.0 Å². The van der Waals surface area contributed by atoms with Crippen molar-refractivity contribution in [2.24, 2.45) is 0 Å². The number of benzene rings is 3. The fourth-order valence-corrected chi connectivity index (χ4v) is 5.82. The van der Waals surface area contributed by atoms with Crippen molar-refractivity contribution in [2.75, 3.05) is 19.8 Å². The van der Waals surface area contributed by atoms with Crippen molar-refractivity contribution in [3.63, 3.8) is 0 Å². The maximum Gasteiger partial charge on any atom is 0.261 e. The van der Waals surface area contributed by atoms with Crippen LogP contribution in [0.1, 0.15) is 30.8 Å². The zero-order valence-electron chi connectivity index (χ0n) is 28.9. The van der Waals surface area contributed by atoms with E-state index in [9.17, 15) is 29.1 Å². The number of aliphatic hydroxyl groups is 1. The Morgan fingerprint density at radius 3 is 2.49 bits per heavy atom. The summed E-state index contributed by atoms with van der Waals surface area (Å²) in [6.07, 6.45) is 1.27. The molecule has 274 valence electrons. The number of hydrogen-bond acceptors (Lipinski definition) is 10. The second kappa shape index (κ2) is 16.7. The third-order valence-corrected chi connectivity index (χ3v) is 8.61. The smallest absolute Gasteiger partial charge is 0.261 e. The fourth-order valence-electron chi connectivity index (χ4n) is 5.82. The van der Waals surface area contributed by atoms with E-state index in [2.05, 4.69) is 36.3 Å². The molecule has 0 saturated heterocycles. The maximum atomic E-state index is 13.7. The van der Waals surface area contributed by atoms with E-state index in [1.165, 1.54) is 15.6 Å². The van der Waals surface area contributed by atoms with Crippen molar-refractivity contribution in [3.8, 4) is 17.1 Å². The van der Waals surface area contributed by atoms with E-state index in [4.69, 9.17) is 4.74 Å². The minimum atomic E-state index is -1.40. The van der Waals surface area contributed by atoms with Gasteiger partial charge < -0.3 is 31.1 Å². The fraction of sp³-hybridized carbons (Fsp3) is 0.297. The van der Waals surface area contributed by atoms with Gasteiger partial charge in [-0.25, -0.2) is 14.6 Å². The molecule has 7 rings (SSSR count). The molecule has 2 aromatic heterocycles. The lowest BCUT2D eigenvalue weighted by molar-refractivity contribution is -0.133. The van der Waals surface area contributed by atoms with Crippen molar-refractivity contribution >= 4 is 34.5 Å². The molecular formula is C37H39N9O7. The molecule has 2 bridgehead atoms. The van der Waals surface area contributed by atoms with Gasteiger partial charge in [0.15, 0.2) is 5.82 Å². The third kappa shape index (κ3) is 9.09. The van der Waals surface area contributed by atoms with Crippen LogP contribution >= 0.6 is 0 Å². The Bertz CT molecular complexity index is 2150. The quantitative estimate of drug-likeness (QED) is 0.165. The average molecular weight is 722 g/mol. The van der Waals surface area contributed by atoms with Gasteiger partial charge in [0.05, 0.1) is 36.4 Å². The molecule has 0 aliphatic carbocycles. The van der Waals surface area contributed by atoms with E-state index in [0.29, 0.717) is 33.6 Å². The number of ether oxygens (including phenoxy) is 1. The van der Waals surface area contributed by atoms with Crippen molar-refractivity contribution in [1.82, 2.24) is 45.6 Å². The summed E-state index contributed by atoms with van der Waals surface area (Å²) < 4.78 is 8.51. The summed E-state index contributed by atoms with van der Waals surface area (Å²) in [7, 11) is 0. The number of nitrogens with one attached hydrogen (secondary N) is 4. The van der Waals surface area contributed by atoms with Crippen LogP contribution < -0.4 is 31.6 Å². The first kappa shape index (κ1) is 36.4. The summed E-state index contributed by atoms with van der Waals surface area (Å²) in [5.41, 5.74) is 1.61. The largest absolute Gasteiger partial charge is 0.492 e. The number of fused-ring (bicyclic) bond motifs is 15. The standard InChI is InChI=1S/C37H39N9O7/c1-23-34-43-33(25-7-3-2-4-8-25)44-46(34)20-32(49)38-16-18-53-26-13-11-24(12-14-26)19-29(35(50)42-30(21-47)36(51)40-23)41-31(48)15-17-45-22-39-28-10-6-5-9-27(28)37(45)52/h2-14,22-23,29-30,47H,15-21H2,1H3,(H,38,49)(H,40,51)(H,41,48)(H,42,50)/t23-,29-,30-/m0/s1. The lowest BCUT2D eigenvalue weighted by Crippen LogP contribution is -2.56. The first-order valence-corrected chi connectivity index (χ1v) is 17.1. The SMILES string of the molecule is C[C@@H]1NC(=O)[C@H](CO)NC(=O)[C@@H](NC(=O)CCn2cnc3ccccc3c2=O)Cc2ccc(cc2)OCCNC(=O)Cn2nc(-c3ccccc3)nc21. The van der Waals surface area contributed by atoms with Crippen LogP contribution in [0.15, 0.2) is 90.0 Å². The topological polar surface area (TPSA) is 211 Å².